The van der Waals surface area contributed by atoms with E-state index < -0.39 is 0 Å². The number of unbranched alkanes of at least 4 members (excludes halogenated alkanes) is 5. The van der Waals surface area contributed by atoms with E-state index in [0.29, 0.717) is 13.0 Å². The molecule has 0 heterocycles. The predicted molar refractivity (Wildman–Crippen MR) is 67.9 cm³/mol. The number of ether oxygens (including phenoxy) is 1. The van der Waals surface area contributed by atoms with Gasteiger partial charge in [-0.25, -0.2) is 0 Å². The summed E-state index contributed by atoms with van der Waals surface area (Å²) in [4.78, 5) is 20.9. The van der Waals surface area contributed by atoms with Gasteiger partial charge in [-0.15, -0.1) is 0 Å². The van der Waals surface area contributed by atoms with Crippen molar-refractivity contribution in [3.8, 4) is 0 Å². The van der Waals surface area contributed by atoms with Crippen LogP contribution in [0.15, 0.2) is 0 Å². The van der Waals surface area contributed by atoms with Crippen molar-refractivity contribution in [1.82, 2.24) is 5.32 Å². The van der Waals surface area contributed by atoms with Crippen LogP contribution in [-0.4, -0.2) is 32.0 Å². The van der Waals surface area contributed by atoms with E-state index in [1.54, 1.807) is 0 Å². The predicted octanol–water partition coefficient (Wildman–Crippen LogP) is 2.07. The SMILES string of the molecule is CCC(=O)COCCCCCCCCNC=O. The Hall–Kier alpha value is -0.900. The highest BCUT2D eigenvalue weighted by molar-refractivity contribution is 5.79. The number of nitrogens with one attached hydrogen (secondary N) is 1. The summed E-state index contributed by atoms with van der Waals surface area (Å²) in [6.45, 7) is 3.60. The van der Waals surface area contributed by atoms with Crippen molar-refractivity contribution in [3.63, 3.8) is 0 Å². The molecule has 0 aromatic rings. The van der Waals surface area contributed by atoms with E-state index in [9.17, 15) is 9.59 Å². The summed E-state index contributed by atoms with van der Waals surface area (Å²) in [7, 11) is 0. The fraction of sp³-hybridized carbons (Fsp3) is 0.846. The zero-order valence-corrected chi connectivity index (χ0v) is 10.9. The largest absolute Gasteiger partial charge is 0.374 e. The van der Waals surface area contributed by atoms with E-state index >= 15 is 0 Å². The second-order valence-corrected chi connectivity index (χ2v) is 4.14. The molecule has 0 spiro atoms. The second-order valence-electron chi connectivity index (χ2n) is 4.14. The third kappa shape index (κ3) is 13.0. The van der Waals surface area contributed by atoms with Gasteiger partial charge in [0.25, 0.3) is 0 Å². The van der Waals surface area contributed by atoms with Crippen molar-refractivity contribution < 1.29 is 14.3 Å². The van der Waals surface area contributed by atoms with Crippen LogP contribution in [0.5, 0.6) is 0 Å². The van der Waals surface area contributed by atoms with Crippen LogP contribution < -0.4 is 5.32 Å². The third-order valence-electron chi connectivity index (χ3n) is 2.60. The van der Waals surface area contributed by atoms with Gasteiger partial charge in [0, 0.05) is 19.6 Å². The third-order valence-corrected chi connectivity index (χ3v) is 2.60. The van der Waals surface area contributed by atoms with Crippen molar-refractivity contribution in [2.24, 2.45) is 0 Å². The molecule has 4 heteroatoms. The van der Waals surface area contributed by atoms with Gasteiger partial charge in [-0.2, -0.15) is 0 Å². The van der Waals surface area contributed by atoms with Crippen LogP contribution in [-0.2, 0) is 14.3 Å². The van der Waals surface area contributed by atoms with Gasteiger partial charge in [-0.1, -0.05) is 32.6 Å². The van der Waals surface area contributed by atoms with E-state index in [0.717, 1.165) is 38.6 Å². The molecule has 0 aliphatic heterocycles. The van der Waals surface area contributed by atoms with Gasteiger partial charge < -0.3 is 10.1 Å². The Morgan fingerprint density at radius 2 is 1.76 bits per heavy atom. The summed E-state index contributed by atoms with van der Waals surface area (Å²) in [6.07, 6.45) is 8.12. The highest BCUT2D eigenvalue weighted by atomic mass is 16.5. The number of carbonyl (C=O) groups excluding carboxylic acids is 2. The van der Waals surface area contributed by atoms with Crippen LogP contribution in [0, 0.1) is 0 Å². The maximum absolute atomic E-state index is 10.9. The molecule has 100 valence electrons. The smallest absolute Gasteiger partial charge is 0.207 e. The molecule has 1 amide bonds. The lowest BCUT2D eigenvalue weighted by atomic mass is 10.1. The summed E-state index contributed by atoms with van der Waals surface area (Å²) in [5.74, 6) is 0.174. The van der Waals surface area contributed by atoms with Gasteiger partial charge in [0.1, 0.15) is 6.61 Å². The monoisotopic (exact) mass is 243 g/mol. The van der Waals surface area contributed by atoms with Gasteiger partial charge in [0.05, 0.1) is 0 Å². The molecule has 0 aliphatic rings. The van der Waals surface area contributed by atoms with E-state index in [1.807, 2.05) is 6.92 Å². The fourth-order valence-corrected chi connectivity index (χ4v) is 1.49. The Bertz CT molecular complexity index is 195. The summed E-state index contributed by atoms with van der Waals surface area (Å²) in [6, 6.07) is 0. The molecule has 0 radical (unpaired) electrons. The topological polar surface area (TPSA) is 55.4 Å². The minimum absolute atomic E-state index is 0.174. The van der Waals surface area contributed by atoms with Gasteiger partial charge in [0.2, 0.25) is 6.41 Å². The van der Waals surface area contributed by atoms with E-state index in [4.69, 9.17) is 4.74 Å². The summed E-state index contributed by atoms with van der Waals surface area (Å²) < 4.78 is 5.25. The van der Waals surface area contributed by atoms with Crippen molar-refractivity contribution in [3.05, 3.63) is 0 Å². The van der Waals surface area contributed by atoms with Crippen LogP contribution in [0.25, 0.3) is 0 Å². The molecule has 1 N–H and O–H groups in total. The minimum atomic E-state index is 0.174. The highest BCUT2D eigenvalue weighted by Crippen LogP contribution is 2.05. The molecule has 4 nitrogen and oxygen atoms in total. The van der Waals surface area contributed by atoms with Crippen molar-refractivity contribution in [2.75, 3.05) is 19.8 Å². The number of carbonyl (C=O) groups is 2. The van der Waals surface area contributed by atoms with Gasteiger partial charge in [-0.05, 0) is 12.8 Å². The zero-order valence-electron chi connectivity index (χ0n) is 10.9. The quantitative estimate of drug-likeness (QED) is 0.398. The van der Waals surface area contributed by atoms with Crippen LogP contribution in [0.4, 0.5) is 0 Å². The standard InChI is InChI=1S/C13H25NO3/c1-2-13(16)11-17-10-8-6-4-3-5-7-9-14-12-15/h12H,2-11H2,1H3,(H,14,15). The van der Waals surface area contributed by atoms with Crippen molar-refractivity contribution in [1.29, 1.82) is 0 Å². The molecule has 0 rings (SSSR count). The molecule has 17 heavy (non-hydrogen) atoms. The Morgan fingerprint density at radius 3 is 2.41 bits per heavy atom. The minimum Gasteiger partial charge on any atom is -0.374 e. The first kappa shape index (κ1) is 16.1. The maximum Gasteiger partial charge on any atom is 0.207 e. The van der Waals surface area contributed by atoms with Crippen LogP contribution in [0.1, 0.15) is 51.9 Å². The average molecular weight is 243 g/mol. The molecule has 0 saturated carbocycles. The van der Waals surface area contributed by atoms with Crippen LogP contribution >= 0.6 is 0 Å². The van der Waals surface area contributed by atoms with E-state index in [1.165, 1.54) is 12.8 Å². The normalized spacial score (nSPS) is 10.2. The van der Waals surface area contributed by atoms with Crippen LogP contribution in [0.2, 0.25) is 0 Å². The van der Waals surface area contributed by atoms with Gasteiger partial charge in [0.15, 0.2) is 5.78 Å². The maximum atomic E-state index is 10.9. The molecule has 0 saturated heterocycles. The lowest BCUT2D eigenvalue weighted by Crippen LogP contribution is -2.11. The molecule has 0 aliphatic carbocycles. The van der Waals surface area contributed by atoms with Crippen molar-refractivity contribution >= 4 is 12.2 Å². The number of hydrogen-bond donors (Lipinski definition) is 1. The summed E-state index contributed by atoms with van der Waals surface area (Å²) >= 11 is 0. The highest BCUT2D eigenvalue weighted by Gasteiger charge is 1.97. The van der Waals surface area contributed by atoms with E-state index in [-0.39, 0.29) is 12.4 Å². The molecule has 0 unspecified atom stereocenters. The summed E-state index contributed by atoms with van der Waals surface area (Å²) in [5.41, 5.74) is 0. The molecule has 0 bridgehead atoms. The fourth-order valence-electron chi connectivity index (χ4n) is 1.49. The Labute approximate surface area is 104 Å². The molecule has 0 aromatic heterocycles. The first-order valence-corrected chi connectivity index (χ1v) is 6.57. The average Bonchev–Trinajstić information content (AvgIpc) is 2.35. The zero-order chi connectivity index (χ0) is 12.8. The lowest BCUT2D eigenvalue weighted by Gasteiger charge is -2.03. The van der Waals surface area contributed by atoms with Gasteiger partial charge >= 0.3 is 0 Å². The first-order valence-electron chi connectivity index (χ1n) is 6.57. The number of amides is 1. The number of ketones is 1. The number of Topliss-reactive ketones (excluding diaryl/α,β-unsaturated/α-hetero) is 1. The molecule has 0 aromatic carbocycles. The molecular weight excluding hydrogens is 218 g/mol. The Morgan fingerprint density at radius 1 is 1.12 bits per heavy atom. The lowest BCUT2D eigenvalue weighted by molar-refractivity contribution is -0.123. The number of rotatable bonds is 13. The summed E-state index contributed by atoms with van der Waals surface area (Å²) in [5, 5.41) is 2.65. The Balaban J connectivity index is 2.98. The van der Waals surface area contributed by atoms with Crippen molar-refractivity contribution in [2.45, 2.75) is 51.9 Å². The molecule has 0 atom stereocenters. The molecular formula is C13H25NO3. The Kier molecular flexibility index (Phi) is 12.5. The van der Waals surface area contributed by atoms with Crippen LogP contribution in [0.3, 0.4) is 0 Å². The molecule has 0 fully saturated rings. The second kappa shape index (κ2) is 13.2. The first-order chi connectivity index (χ1) is 8.31. The van der Waals surface area contributed by atoms with E-state index in [2.05, 4.69) is 5.32 Å². The van der Waals surface area contributed by atoms with Gasteiger partial charge in [-0.3, -0.25) is 9.59 Å². The number of hydrogen-bond acceptors (Lipinski definition) is 3.